The van der Waals surface area contributed by atoms with Gasteiger partial charge in [0, 0.05) is 6.54 Å². The molecule has 2 radical (unpaired) electrons. The number of hydrogen-bond donors (Lipinski definition) is 2. The summed E-state index contributed by atoms with van der Waals surface area (Å²) in [6.07, 6.45) is 0.474. The highest BCUT2D eigenvalue weighted by Crippen LogP contribution is 2.06. The van der Waals surface area contributed by atoms with Gasteiger partial charge >= 0.3 is 0 Å². The van der Waals surface area contributed by atoms with Gasteiger partial charge in [0.1, 0.15) is 5.67 Å². The van der Waals surface area contributed by atoms with E-state index in [9.17, 15) is 4.39 Å². The van der Waals surface area contributed by atoms with E-state index in [1.54, 1.807) is 0 Å². The Morgan fingerprint density at radius 2 is 2.27 bits per heavy atom. The van der Waals surface area contributed by atoms with E-state index in [0.717, 1.165) is 0 Å². The van der Waals surface area contributed by atoms with Crippen LogP contribution in [0.5, 0.6) is 0 Å². The van der Waals surface area contributed by atoms with Gasteiger partial charge in [0.15, 0.2) is 0 Å². The molecule has 0 spiro atoms. The smallest absolute Gasteiger partial charge is 0.143 e. The summed E-state index contributed by atoms with van der Waals surface area (Å²) in [4.78, 5) is 0. The highest BCUT2D eigenvalue weighted by molar-refractivity contribution is 6.08. The fourth-order valence-corrected chi connectivity index (χ4v) is 0.526. The number of rotatable bonds is 5. The number of hydrogen-bond acceptors (Lipinski definition) is 2. The third-order valence-electron chi connectivity index (χ3n) is 1.50. The van der Waals surface area contributed by atoms with E-state index in [0.29, 0.717) is 6.32 Å². The third-order valence-corrected chi connectivity index (χ3v) is 1.50. The molecule has 0 amide bonds. The van der Waals surface area contributed by atoms with Crippen LogP contribution >= 0.6 is 0 Å². The molecule has 0 aromatic heterocycles. The lowest BCUT2D eigenvalue weighted by molar-refractivity contribution is 0.0855. The zero-order chi connectivity index (χ0) is 8.91. The van der Waals surface area contributed by atoms with E-state index in [2.05, 4.69) is 5.32 Å². The zero-order valence-corrected chi connectivity index (χ0v) is 7.10. The van der Waals surface area contributed by atoms with Crippen molar-refractivity contribution in [3.63, 3.8) is 0 Å². The Morgan fingerprint density at radius 1 is 1.73 bits per heavy atom. The molecular weight excluding hydrogens is 144 g/mol. The minimum Gasteiger partial charge on any atom is -0.393 e. The minimum absolute atomic E-state index is 0.0941. The van der Waals surface area contributed by atoms with Gasteiger partial charge in [0.05, 0.1) is 14.5 Å². The second-order valence-corrected chi connectivity index (χ2v) is 3.09. The fourth-order valence-electron chi connectivity index (χ4n) is 0.526. The minimum atomic E-state index is -1.54. The quantitative estimate of drug-likeness (QED) is 0.564. The number of nitrogens with one attached hydrogen (secondary N) is 1. The van der Waals surface area contributed by atoms with Crippen LogP contribution < -0.4 is 5.32 Å². The van der Waals surface area contributed by atoms with Crippen LogP contribution in [0.1, 0.15) is 13.8 Å². The highest BCUT2D eigenvalue weighted by Gasteiger charge is 2.21. The summed E-state index contributed by atoms with van der Waals surface area (Å²) in [5, 5.41) is 11.4. The number of aliphatic hydroxyl groups is 1. The van der Waals surface area contributed by atoms with Gasteiger partial charge in [0.2, 0.25) is 0 Å². The molecule has 64 valence electrons. The van der Waals surface area contributed by atoms with Crippen LogP contribution in [0, 0.1) is 0 Å². The van der Waals surface area contributed by atoms with Crippen molar-refractivity contribution in [3.8, 4) is 0 Å². The normalized spacial score (nSPS) is 19.3. The number of halogens is 1. The maximum Gasteiger partial charge on any atom is 0.143 e. The highest BCUT2D eigenvalue weighted by atomic mass is 19.1. The lowest BCUT2D eigenvalue weighted by Gasteiger charge is -2.20. The molecule has 2 atom stereocenters. The summed E-state index contributed by atoms with van der Waals surface area (Å²) >= 11 is 0. The van der Waals surface area contributed by atoms with E-state index >= 15 is 0 Å². The van der Waals surface area contributed by atoms with Crippen molar-refractivity contribution >= 4 is 7.85 Å². The molecular formula is C7H15BFNO. The Morgan fingerprint density at radius 3 is 2.64 bits per heavy atom. The van der Waals surface area contributed by atoms with Gasteiger partial charge in [-0.15, -0.1) is 0 Å². The van der Waals surface area contributed by atoms with Crippen LogP contribution in [-0.4, -0.2) is 37.8 Å². The van der Waals surface area contributed by atoms with E-state index in [1.165, 1.54) is 6.92 Å². The maximum absolute atomic E-state index is 13.0. The molecule has 4 heteroatoms. The Bertz CT molecular complexity index is 111. The molecule has 2 nitrogen and oxygen atoms in total. The average molecular weight is 159 g/mol. The average Bonchev–Trinajstić information content (AvgIpc) is 2.00. The zero-order valence-electron chi connectivity index (χ0n) is 7.10. The molecule has 0 saturated heterocycles. The van der Waals surface area contributed by atoms with Gasteiger partial charge in [-0.1, -0.05) is 13.2 Å². The Balaban J connectivity index is 3.52. The second kappa shape index (κ2) is 4.72. The van der Waals surface area contributed by atoms with Crippen LogP contribution in [0.25, 0.3) is 0 Å². The van der Waals surface area contributed by atoms with Gasteiger partial charge in [-0.3, -0.25) is 0 Å². The summed E-state index contributed by atoms with van der Waals surface area (Å²) in [6, 6.07) is 0.0941. The standard InChI is InChI=1S/C7H15BFNO/c1-6(3-8)10-4-7(2,9)5-11/h6,10-11H,3-5H2,1-2H3. The summed E-state index contributed by atoms with van der Waals surface area (Å²) in [5.41, 5.74) is -1.54. The number of alkyl halides is 1. The first-order chi connectivity index (χ1) is 5.02. The third kappa shape index (κ3) is 5.21. The lowest BCUT2D eigenvalue weighted by Crippen LogP contribution is -2.40. The fraction of sp³-hybridized carbons (Fsp3) is 1.00. The first-order valence-corrected chi connectivity index (χ1v) is 3.75. The molecule has 0 fully saturated rings. The largest absolute Gasteiger partial charge is 0.393 e. The van der Waals surface area contributed by atoms with Gasteiger partial charge in [0.25, 0.3) is 0 Å². The predicted molar refractivity (Wildman–Crippen MR) is 44.6 cm³/mol. The van der Waals surface area contributed by atoms with Crippen molar-refractivity contribution in [3.05, 3.63) is 0 Å². The second-order valence-electron chi connectivity index (χ2n) is 3.09. The summed E-state index contributed by atoms with van der Waals surface area (Å²) in [5.74, 6) is 0. The van der Waals surface area contributed by atoms with Crippen LogP contribution in [0.2, 0.25) is 6.32 Å². The first-order valence-electron chi connectivity index (χ1n) is 3.75. The van der Waals surface area contributed by atoms with E-state index in [-0.39, 0.29) is 12.6 Å². The van der Waals surface area contributed by atoms with E-state index in [1.807, 2.05) is 6.92 Å². The van der Waals surface area contributed by atoms with Crippen LogP contribution in [0.15, 0.2) is 0 Å². The molecule has 0 aliphatic carbocycles. The molecule has 0 bridgehead atoms. The predicted octanol–water partition coefficient (Wildman–Crippen LogP) is 0.272. The van der Waals surface area contributed by atoms with E-state index < -0.39 is 12.3 Å². The van der Waals surface area contributed by atoms with Gasteiger partial charge in [-0.25, -0.2) is 4.39 Å². The molecule has 0 aliphatic heterocycles. The molecule has 0 aromatic rings. The molecule has 2 N–H and O–H groups in total. The van der Waals surface area contributed by atoms with Gasteiger partial charge in [-0.2, -0.15) is 0 Å². The van der Waals surface area contributed by atoms with Crippen molar-refractivity contribution in [2.45, 2.75) is 31.9 Å². The van der Waals surface area contributed by atoms with Crippen LogP contribution in [0.4, 0.5) is 4.39 Å². The molecule has 0 aliphatic rings. The van der Waals surface area contributed by atoms with Crippen molar-refractivity contribution < 1.29 is 9.50 Å². The van der Waals surface area contributed by atoms with Crippen molar-refractivity contribution in [1.29, 1.82) is 0 Å². The Kier molecular flexibility index (Phi) is 4.69. The molecule has 0 saturated carbocycles. The maximum atomic E-state index is 13.0. The van der Waals surface area contributed by atoms with Crippen molar-refractivity contribution in [1.82, 2.24) is 5.32 Å². The van der Waals surface area contributed by atoms with Gasteiger partial charge in [-0.05, 0) is 13.0 Å². The Labute approximate surface area is 68.6 Å². The molecule has 11 heavy (non-hydrogen) atoms. The topological polar surface area (TPSA) is 32.3 Å². The van der Waals surface area contributed by atoms with Crippen LogP contribution in [-0.2, 0) is 0 Å². The summed E-state index contributed by atoms with van der Waals surface area (Å²) in [6.45, 7) is 2.90. The van der Waals surface area contributed by atoms with Crippen molar-refractivity contribution in [2.24, 2.45) is 0 Å². The first kappa shape index (κ1) is 10.9. The summed E-state index contributed by atoms with van der Waals surface area (Å²) < 4.78 is 13.0. The van der Waals surface area contributed by atoms with E-state index in [4.69, 9.17) is 13.0 Å². The van der Waals surface area contributed by atoms with Crippen LogP contribution in [0.3, 0.4) is 0 Å². The summed E-state index contributed by atoms with van der Waals surface area (Å²) in [7, 11) is 5.30. The molecule has 0 rings (SSSR count). The molecule has 0 aromatic carbocycles. The van der Waals surface area contributed by atoms with Crippen molar-refractivity contribution in [2.75, 3.05) is 13.2 Å². The lowest BCUT2D eigenvalue weighted by atomic mass is 9.98. The van der Waals surface area contributed by atoms with Gasteiger partial charge < -0.3 is 10.4 Å². The number of aliphatic hydroxyl groups excluding tert-OH is 1. The monoisotopic (exact) mass is 159 g/mol. The SMILES string of the molecule is [B]CC(C)NCC(C)(F)CO. The molecule has 0 heterocycles. The Hall–Kier alpha value is -0.0851. The molecule has 2 unspecified atom stereocenters.